The van der Waals surface area contributed by atoms with Crippen molar-refractivity contribution in [1.82, 2.24) is 20.9 Å². The van der Waals surface area contributed by atoms with Crippen LogP contribution in [0.1, 0.15) is 47.0 Å². The lowest BCUT2D eigenvalue weighted by Crippen LogP contribution is -2.79. The summed E-state index contributed by atoms with van der Waals surface area (Å²) in [6.45, 7) is 0.783. The number of nitrogens with two attached hydrogens (primary N) is 2. The van der Waals surface area contributed by atoms with Crippen molar-refractivity contribution in [2.24, 2.45) is 11.5 Å². The van der Waals surface area contributed by atoms with E-state index in [-0.39, 0.29) is 40.9 Å². The topological polar surface area (TPSA) is 206 Å². The molecule has 0 atom stereocenters. The number of aromatic nitrogens is 1. The molecular formula is C26H24N7O5+. The molecule has 1 aliphatic heterocycles. The second-order valence-corrected chi connectivity index (χ2v) is 8.76. The van der Waals surface area contributed by atoms with Gasteiger partial charge in [-0.1, -0.05) is 12.1 Å². The van der Waals surface area contributed by atoms with Crippen LogP contribution in [0, 0.1) is 0 Å². The lowest BCUT2D eigenvalue weighted by Gasteiger charge is -2.10. The van der Waals surface area contributed by atoms with Gasteiger partial charge in [-0.05, 0) is 42.0 Å². The number of amides is 4. The highest BCUT2D eigenvalue weighted by atomic mass is 16.3. The SMILES string of the molecule is NC(N)=[NH+]CCNC(=O)c1cccc(CNC(=O)c2cc3c(c4c2[nH]c2ccc(O)cc24)C(=O)NC3=O)c1. The molecule has 10 N–H and O–H groups in total. The van der Waals surface area contributed by atoms with E-state index >= 15 is 0 Å². The van der Waals surface area contributed by atoms with Crippen LogP contribution in [0.5, 0.6) is 5.75 Å². The summed E-state index contributed by atoms with van der Waals surface area (Å²) in [4.78, 5) is 56.6. The molecule has 12 nitrogen and oxygen atoms in total. The van der Waals surface area contributed by atoms with Crippen molar-refractivity contribution in [3.63, 3.8) is 0 Å². The molecule has 4 amide bonds. The largest absolute Gasteiger partial charge is 0.508 e. The van der Waals surface area contributed by atoms with Crippen LogP contribution in [0.25, 0.3) is 21.8 Å². The highest BCUT2D eigenvalue weighted by molar-refractivity contribution is 6.32. The van der Waals surface area contributed by atoms with Gasteiger partial charge in [-0.3, -0.25) is 41.0 Å². The van der Waals surface area contributed by atoms with Crippen molar-refractivity contribution >= 4 is 51.4 Å². The molecule has 0 saturated carbocycles. The Balaban J connectivity index is 1.41. The van der Waals surface area contributed by atoms with Crippen LogP contribution in [0.3, 0.4) is 0 Å². The highest BCUT2D eigenvalue weighted by Gasteiger charge is 2.33. The summed E-state index contributed by atoms with van der Waals surface area (Å²) in [6, 6.07) is 12.7. The number of aromatic amines is 1. The molecule has 0 saturated heterocycles. The van der Waals surface area contributed by atoms with Gasteiger partial charge in [0, 0.05) is 34.9 Å². The molecule has 0 spiro atoms. The zero-order chi connectivity index (χ0) is 27.0. The smallest absolute Gasteiger partial charge is 0.338 e. The second-order valence-electron chi connectivity index (χ2n) is 8.76. The first kappa shape index (κ1) is 24.3. The summed E-state index contributed by atoms with van der Waals surface area (Å²) < 4.78 is 0. The van der Waals surface area contributed by atoms with Crippen LogP contribution < -0.4 is 32.4 Å². The molecule has 2 heterocycles. The lowest BCUT2D eigenvalue weighted by atomic mass is 9.97. The molecule has 0 bridgehead atoms. The monoisotopic (exact) mass is 514 g/mol. The summed E-state index contributed by atoms with van der Waals surface area (Å²) in [6.07, 6.45) is 0. The quantitative estimate of drug-likeness (QED) is 0.0662. The van der Waals surface area contributed by atoms with Crippen LogP contribution in [0.2, 0.25) is 0 Å². The van der Waals surface area contributed by atoms with E-state index in [1.807, 2.05) is 0 Å². The Morgan fingerprint density at radius 2 is 1.79 bits per heavy atom. The minimum atomic E-state index is -0.601. The zero-order valence-corrected chi connectivity index (χ0v) is 20.0. The Kier molecular flexibility index (Phi) is 6.13. The van der Waals surface area contributed by atoms with E-state index in [9.17, 15) is 24.3 Å². The summed E-state index contributed by atoms with van der Waals surface area (Å²) in [5.74, 6) is -1.91. The minimum Gasteiger partial charge on any atom is -0.508 e. The number of H-pyrrole nitrogens is 1. The van der Waals surface area contributed by atoms with Gasteiger partial charge in [-0.15, -0.1) is 0 Å². The fraction of sp³-hybridized carbons (Fsp3) is 0.115. The van der Waals surface area contributed by atoms with E-state index in [1.54, 1.807) is 30.3 Å². The molecular weight excluding hydrogens is 490 g/mol. The molecule has 5 rings (SSSR count). The van der Waals surface area contributed by atoms with Crippen LogP contribution in [-0.2, 0) is 6.54 Å². The van der Waals surface area contributed by atoms with Crippen LogP contribution in [-0.4, -0.2) is 52.8 Å². The summed E-state index contributed by atoms with van der Waals surface area (Å²) in [5, 5.41) is 18.7. The van der Waals surface area contributed by atoms with Crippen LogP contribution >= 0.6 is 0 Å². The summed E-state index contributed by atoms with van der Waals surface area (Å²) >= 11 is 0. The highest BCUT2D eigenvalue weighted by Crippen LogP contribution is 2.36. The maximum atomic E-state index is 13.3. The molecule has 38 heavy (non-hydrogen) atoms. The third kappa shape index (κ3) is 4.46. The van der Waals surface area contributed by atoms with E-state index in [2.05, 4.69) is 25.9 Å². The number of hydrogen-bond donors (Lipinski definition) is 8. The molecule has 3 aromatic carbocycles. The number of aromatic hydroxyl groups is 1. The molecule has 192 valence electrons. The third-order valence-electron chi connectivity index (χ3n) is 6.18. The van der Waals surface area contributed by atoms with Gasteiger partial charge in [0.05, 0.1) is 28.8 Å². The van der Waals surface area contributed by atoms with Crippen molar-refractivity contribution in [3.05, 3.63) is 76.3 Å². The summed E-state index contributed by atoms with van der Waals surface area (Å²) in [7, 11) is 0. The average molecular weight is 515 g/mol. The first-order valence-corrected chi connectivity index (χ1v) is 11.7. The maximum Gasteiger partial charge on any atom is 0.338 e. The molecule has 0 aliphatic carbocycles. The Labute approximate surface area is 215 Å². The zero-order valence-electron chi connectivity index (χ0n) is 20.0. The Morgan fingerprint density at radius 3 is 2.58 bits per heavy atom. The number of hydrogen-bond acceptors (Lipinski definition) is 5. The fourth-order valence-electron chi connectivity index (χ4n) is 4.48. The van der Waals surface area contributed by atoms with Crippen molar-refractivity contribution in [2.45, 2.75) is 6.54 Å². The number of fused-ring (bicyclic) bond motifs is 5. The lowest BCUT2D eigenvalue weighted by molar-refractivity contribution is -0.456. The van der Waals surface area contributed by atoms with Gasteiger partial charge in [0.15, 0.2) is 0 Å². The Hall–Kier alpha value is -5.39. The normalized spacial score (nSPS) is 12.3. The molecule has 0 radical (unpaired) electrons. The number of guanidine groups is 1. The van der Waals surface area contributed by atoms with Gasteiger partial charge >= 0.3 is 5.96 Å². The van der Waals surface area contributed by atoms with E-state index in [0.717, 1.165) is 0 Å². The standard InChI is InChI=1S/C26H23N7O5/c27-26(28)30-7-6-29-22(35)13-3-1-2-12(8-13)11-31-23(36)17-10-16-20(25(38)33-24(16)37)19-15-9-14(34)4-5-18(15)32-21(17)19/h1-5,8-10,32,34H,6-7,11H2,(H,29,35)(H,31,36)(H4,27,28,30)(H,33,37,38)/p+1. The van der Waals surface area contributed by atoms with E-state index in [1.165, 1.54) is 18.2 Å². The van der Waals surface area contributed by atoms with Gasteiger partial charge in [0.1, 0.15) is 5.75 Å². The molecule has 1 aliphatic rings. The maximum absolute atomic E-state index is 13.3. The number of phenolic OH excluding ortho intramolecular Hbond substituents is 1. The van der Waals surface area contributed by atoms with E-state index in [0.29, 0.717) is 46.0 Å². The number of rotatable bonds is 7. The molecule has 0 unspecified atom stereocenters. The van der Waals surface area contributed by atoms with Crippen LogP contribution in [0.4, 0.5) is 0 Å². The number of nitrogens with one attached hydrogen (secondary N) is 5. The van der Waals surface area contributed by atoms with Gasteiger partial charge < -0.3 is 20.7 Å². The second kappa shape index (κ2) is 9.58. The van der Waals surface area contributed by atoms with Gasteiger partial charge in [0.2, 0.25) is 0 Å². The first-order chi connectivity index (χ1) is 18.2. The Bertz CT molecular complexity index is 1680. The molecule has 1 aromatic heterocycles. The van der Waals surface area contributed by atoms with Crippen molar-refractivity contribution in [1.29, 1.82) is 0 Å². The van der Waals surface area contributed by atoms with E-state index < -0.39 is 17.7 Å². The fourth-order valence-corrected chi connectivity index (χ4v) is 4.48. The van der Waals surface area contributed by atoms with Crippen molar-refractivity contribution in [2.75, 3.05) is 13.1 Å². The number of carbonyl (C=O) groups is 4. The number of phenols is 1. The van der Waals surface area contributed by atoms with Crippen molar-refractivity contribution in [3.8, 4) is 5.75 Å². The van der Waals surface area contributed by atoms with E-state index in [4.69, 9.17) is 11.5 Å². The molecule has 0 fully saturated rings. The first-order valence-electron chi connectivity index (χ1n) is 11.7. The average Bonchev–Trinajstić information content (AvgIpc) is 3.40. The number of carbonyl (C=O) groups excluding carboxylic acids is 4. The predicted octanol–water partition coefficient (Wildman–Crippen LogP) is -1.08. The van der Waals surface area contributed by atoms with Gasteiger partial charge in [0.25, 0.3) is 23.6 Å². The van der Waals surface area contributed by atoms with Crippen molar-refractivity contribution < 1.29 is 29.3 Å². The molecule has 4 aromatic rings. The van der Waals surface area contributed by atoms with Gasteiger partial charge in [-0.25, -0.2) is 0 Å². The molecule has 12 heteroatoms. The third-order valence-corrected chi connectivity index (χ3v) is 6.18. The van der Waals surface area contributed by atoms with Gasteiger partial charge in [-0.2, -0.15) is 0 Å². The summed E-state index contributed by atoms with van der Waals surface area (Å²) in [5.41, 5.74) is 13.1. The Morgan fingerprint density at radius 1 is 0.974 bits per heavy atom. The number of imide groups is 1. The van der Waals surface area contributed by atoms with Crippen LogP contribution in [0.15, 0.2) is 48.5 Å². The minimum absolute atomic E-state index is 0.0197. The number of benzene rings is 3. The predicted molar refractivity (Wildman–Crippen MR) is 138 cm³/mol.